The molecule has 2 N–H and O–H groups in total. The molecule has 2 amide bonds. The van der Waals surface area contributed by atoms with Crippen molar-refractivity contribution in [1.82, 2.24) is 15.6 Å². The molecule has 7 heteroatoms. The molecule has 1 aromatic heterocycles. The zero-order valence-corrected chi connectivity index (χ0v) is 13.7. The van der Waals surface area contributed by atoms with Crippen LogP contribution in [-0.4, -0.2) is 23.7 Å². The summed E-state index contributed by atoms with van der Waals surface area (Å²) in [6.07, 6.45) is 2.28. The number of nitrogens with one attached hydrogen (secondary N) is 2. The Labute approximate surface area is 147 Å². The van der Waals surface area contributed by atoms with Gasteiger partial charge in [0.15, 0.2) is 0 Å². The first kappa shape index (κ1) is 17.1. The van der Waals surface area contributed by atoms with Crippen LogP contribution in [0, 0.1) is 0 Å². The Morgan fingerprint density at radius 2 is 2.08 bits per heavy atom. The van der Waals surface area contributed by atoms with E-state index in [4.69, 9.17) is 0 Å². The fraction of sp³-hybridized carbons (Fsp3) is 0.333. The highest BCUT2D eigenvalue weighted by atomic mass is 19.3. The van der Waals surface area contributed by atoms with Gasteiger partial charge in [-0.1, -0.05) is 30.3 Å². The number of hydrogen-bond acceptors (Lipinski definition) is 3. The SMILES string of the molecule is C[C@@H](NC(=O)N[C@@H]1C[C@H]1c1ccccc1)c1ccnc(OC(F)F)c1.[HH].[HH]. The molecule has 1 saturated carbocycles. The number of ether oxygens (including phenoxy) is 1. The maximum atomic E-state index is 12.2. The van der Waals surface area contributed by atoms with Gasteiger partial charge in [0.05, 0.1) is 6.04 Å². The second kappa shape index (κ2) is 7.46. The quantitative estimate of drug-likeness (QED) is 0.824. The normalized spacial score (nSPS) is 20.0. The summed E-state index contributed by atoms with van der Waals surface area (Å²) in [5.41, 5.74) is 1.85. The zero-order chi connectivity index (χ0) is 17.8. The molecular weight excluding hydrogens is 328 g/mol. The van der Waals surface area contributed by atoms with Gasteiger partial charge in [-0.15, -0.1) is 0 Å². The minimum absolute atomic E-state index is 0. The number of carbonyl (C=O) groups is 1. The lowest BCUT2D eigenvalue weighted by atomic mass is 10.1. The lowest BCUT2D eigenvalue weighted by Gasteiger charge is -2.16. The van der Waals surface area contributed by atoms with Gasteiger partial charge in [-0.25, -0.2) is 9.78 Å². The summed E-state index contributed by atoms with van der Waals surface area (Å²) in [6.45, 7) is -1.16. The summed E-state index contributed by atoms with van der Waals surface area (Å²) in [5, 5.41) is 5.73. The molecule has 0 radical (unpaired) electrons. The van der Waals surface area contributed by atoms with E-state index in [1.807, 2.05) is 30.3 Å². The molecule has 25 heavy (non-hydrogen) atoms. The van der Waals surface area contributed by atoms with E-state index in [0.29, 0.717) is 11.5 Å². The third-order valence-electron chi connectivity index (χ3n) is 4.15. The Bertz CT molecular complexity index is 738. The van der Waals surface area contributed by atoms with E-state index < -0.39 is 6.61 Å². The van der Waals surface area contributed by atoms with Gasteiger partial charge in [-0.3, -0.25) is 0 Å². The second-order valence-electron chi connectivity index (χ2n) is 6.00. The fourth-order valence-electron chi connectivity index (χ4n) is 2.76. The maximum Gasteiger partial charge on any atom is 0.388 e. The molecular formula is C18H23F2N3O2. The minimum Gasteiger partial charge on any atom is -0.417 e. The van der Waals surface area contributed by atoms with Crippen molar-refractivity contribution in [2.45, 2.75) is 38.0 Å². The van der Waals surface area contributed by atoms with Crippen molar-refractivity contribution in [3.8, 4) is 5.88 Å². The van der Waals surface area contributed by atoms with Gasteiger partial charge >= 0.3 is 12.6 Å². The van der Waals surface area contributed by atoms with Gasteiger partial charge in [-0.2, -0.15) is 8.78 Å². The molecule has 1 aromatic carbocycles. The predicted octanol–water partition coefficient (Wildman–Crippen LogP) is 4.09. The highest BCUT2D eigenvalue weighted by Crippen LogP contribution is 2.40. The molecule has 1 fully saturated rings. The van der Waals surface area contributed by atoms with Crippen molar-refractivity contribution in [3.05, 3.63) is 59.8 Å². The third-order valence-corrected chi connectivity index (χ3v) is 4.15. The molecule has 0 bridgehead atoms. The number of amides is 2. The van der Waals surface area contributed by atoms with Crippen molar-refractivity contribution in [2.24, 2.45) is 0 Å². The molecule has 5 nitrogen and oxygen atoms in total. The van der Waals surface area contributed by atoms with Crippen molar-refractivity contribution in [3.63, 3.8) is 0 Å². The number of hydrogen-bond donors (Lipinski definition) is 2. The molecule has 1 aliphatic rings. The first-order chi connectivity index (χ1) is 12.0. The number of nitrogens with zero attached hydrogens (tertiary/aromatic N) is 1. The standard InChI is InChI=1S/C18H19F2N3O2.2H2/c1-11(13-7-8-21-16(9-13)25-17(19)20)22-18(24)23-15-10-14(15)12-5-3-2-4-6-12;;/h2-9,11,14-15,17H,10H2,1H3,(H2,22,23,24);2*1H/t11-,14+,15-;;/m1../s1. The minimum atomic E-state index is -2.93. The smallest absolute Gasteiger partial charge is 0.388 e. The predicted molar refractivity (Wildman–Crippen MR) is 92.8 cm³/mol. The van der Waals surface area contributed by atoms with Gasteiger partial charge in [0.2, 0.25) is 5.88 Å². The number of rotatable bonds is 6. The molecule has 1 aliphatic carbocycles. The van der Waals surface area contributed by atoms with Gasteiger partial charge in [-0.05, 0) is 30.5 Å². The molecule has 3 rings (SSSR count). The molecule has 0 unspecified atom stereocenters. The Balaban J connectivity index is 0.00000182. The summed E-state index contributed by atoms with van der Waals surface area (Å²) < 4.78 is 28.8. The van der Waals surface area contributed by atoms with Crippen LogP contribution in [0.3, 0.4) is 0 Å². The molecule has 0 aliphatic heterocycles. The van der Waals surface area contributed by atoms with E-state index in [2.05, 4.69) is 20.4 Å². The van der Waals surface area contributed by atoms with Crippen molar-refractivity contribution < 1.29 is 21.2 Å². The third kappa shape index (κ3) is 4.65. The molecule has 0 saturated heterocycles. The Hall–Kier alpha value is -2.70. The molecule has 2 aromatic rings. The number of aromatic nitrogens is 1. The maximum absolute atomic E-state index is 12.2. The number of alkyl halides is 2. The average molecular weight is 351 g/mol. The monoisotopic (exact) mass is 351 g/mol. The Morgan fingerprint density at radius 1 is 1.32 bits per heavy atom. The van der Waals surface area contributed by atoms with Crippen LogP contribution in [-0.2, 0) is 0 Å². The summed E-state index contributed by atoms with van der Waals surface area (Å²) in [4.78, 5) is 15.8. The van der Waals surface area contributed by atoms with E-state index in [-0.39, 0.29) is 26.8 Å². The lowest BCUT2D eigenvalue weighted by Crippen LogP contribution is -2.38. The topological polar surface area (TPSA) is 63.2 Å². The van der Waals surface area contributed by atoms with Crippen molar-refractivity contribution >= 4 is 6.03 Å². The van der Waals surface area contributed by atoms with Gasteiger partial charge in [0.1, 0.15) is 0 Å². The second-order valence-corrected chi connectivity index (χ2v) is 6.00. The summed E-state index contributed by atoms with van der Waals surface area (Å²) in [5.74, 6) is 0.169. The zero-order valence-electron chi connectivity index (χ0n) is 13.7. The molecule has 0 spiro atoms. The largest absolute Gasteiger partial charge is 0.417 e. The van der Waals surface area contributed by atoms with Crippen molar-refractivity contribution in [1.29, 1.82) is 0 Å². The van der Waals surface area contributed by atoms with Gasteiger partial charge in [0, 0.05) is 27.1 Å². The van der Waals surface area contributed by atoms with E-state index in [1.54, 1.807) is 13.0 Å². The number of halogens is 2. The van der Waals surface area contributed by atoms with Crippen LogP contribution >= 0.6 is 0 Å². The molecule has 136 valence electrons. The Kier molecular flexibility index (Phi) is 5.11. The average Bonchev–Trinajstić information content (AvgIpc) is 3.34. The fourth-order valence-corrected chi connectivity index (χ4v) is 2.76. The highest BCUT2D eigenvalue weighted by Gasteiger charge is 2.39. The molecule has 1 heterocycles. The van der Waals surface area contributed by atoms with Crippen LogP contribution in [0.2, 0.25) is 0 Å². The van der Waals surface area contributed by atoms with Crippen LogP contribution in [0.1, 0.15) is 39.3 Å². The number of benzene rings is 1. The van der Waals surface area contributed by atoms with Crippen LogP contribution in [0.4, 0.5) is 13.6 Å². The molecule has 3 atom stereocenters. The number of pyridine rings is 1. The van der Waals surface area contributed by atoms with E-state index >= 15 is 0 Å². The van der Waals surface area contributed by atoms with Gasteiger partial charge in [0.25, 0.3) is 0 Å². The van der Waals surface area contributed by atoms with Crippen LogP contribution in [0.15, 0.2) is 48.7 Å². The Morgan fingerprint density at radius 3 is 2.80 bits per heavy atom. The number of urea groups is 1. The van der Waals surface area contributed by atoms with Crippen LogP contribution in [0.25, 0.3) is 0 Å². The number of carbonyl (C=O) groups excluding carboxylic acids is 1. The first-order valence-electron chi connectivity index (χ1n) is 8.05. The van der Waals surface area contributed by atoms with E-state index in [1.165, 1.54) is 17.8 Å². The lowest BCUT2D eigenvalue weighted by molar-refractivity contribution is -0.0529. The van der Waals surface area contributed by atoms with E-state index in [9.17, 15) is 13.6 Å². The summed E-state index contributed by atoms with van der Waals surface area (Å²) in [7, 11) is 0. The van der Waals surface area contributed by atoms with Crippen molar-refractivity contribution in [2.75, 3.05) is 0 Å². The van der Waals surface area contributed by atoms with Gasteiger partial charge < -0.3 is 15.4 Å². The highest BCUT2D eigenvalue weighted by molar-refractivity contribution is 5.75. The summed E-state index contributed by atoms with van der Waals surface area (Å²) in [6, 6.07) is 12.5. The summed E-state index contributed by atoms with van der Waals surface area (Å²) >= 11 is 0. The van der Waals surface area contributed by atoms with E-state index in [0.717, 1.165) is 6.42 Å². The van der Waals surface area contributed by atoms with Crippen LogP contribution < -0.4 is 15.4 Å². The first-order valence-corrected chi connectivity index (χ1v) is 8.05. The van der Waals surface area contributed by atoms with Crippen LogP contribution in [0.5, 0.6) is 5.88 Å².